The van der Waals surface area contributed by atoms with Crippen LogP contribution in [0.3, 0.4) is 0 Å². The number of nitrogens with zero attached hydrogens (tertiary/aromatic N) is 2. The number of hydrogen-bond donors (Lipinski definition) is 3. The van der Waals surface area contributed by atoms with Crippen LogP contribution in [0.15, 0.2) is 64.6 Å². The molecule has 2 aromatic carbocycles. The minimum absolute atomic E-state index is 0.0420. The molecule has 0 aliphatic carbocycles. The van der Waals surface area contributed by atoms with Crippen molar-refractivity contribution in [3.63, 3.8) is 0 Å². The fourth-order valence-electron chi connectivity index (χ4n) is 1.89. The van der Waals surface area contributed by atoms with Crippen molar-refractivity contribution in [3.05, 3.63) is 60.6 Å². The molecule has 110 valence electrons. The molecule has 0 atom stereocenters. The first-order chi connectivity index (χ1) is 10.7. The molecule has 0 bridgehead atoms. The van der Waals surface area contributed by atoms with E-state index in [2.05, 4.69) is 15.5 Å². The molecule has 0 saturated heterocycles. The normalized spacial score (nSPS) is 10.9. The smallest absolute Gasteiger partial charge is 0.181 e. The number of oxazole rings is 1. The maximum Gasteiger partial charge on any atom is 0.181 e. The number of anilines is 2. The van der Waals surface area contributed by atoms with Crippen molar-refractivity contribution in [1.29, 1.82) is 0 Å². The van der Waals surface area contributed by atoms with Crippen LogP contribution in [-0.4, -0.2) is 16.3 Å². The van der Waals surface area contributed by atoms with Gasteiger partial charge in [-0.05, 0) is 42.0 Å². The highest BCUT2D eigenvalue weighted by atomic mass is 16.3. The summed E-state index contributed by atoms with van der Waals surface area (Å²) in [5.41, 5.74) is 11.3. The molecule has 1 heterocycles. The average molecular weight is 294 g/mol. The lowest BCUT2D eigenvalue weighted by Gasteiger charge is -2.02. The first-order valence-corrected chi connectivity index (χ1v) is 6.59. The second-order valence-electron chi connectivity index (χ2n) is 4.63. The van der Waals surface area contributed by atoms with Crippen LogP contribution in [0, 0.1) is 0 Å². The van der Waals surface area contributed by atoms with Gasteiger partial charge in [-0.2, -0.15) is 5.10 Å². The molecule has 4 N–H and O–H groups in total. The van der Waals surface area contributed by atoms with Crippen molar-refractivity contribution in [3.8, 4) is 17.1 Å². The third-order valence-corrected chi connectivity index (χ3v) is 3.06. The summed E-state index contributed by atoms with van der Waals surface area (Å²) in [6.45, 7) is 0. The van der Waals surface area contributed by atoms with Gasteiger partial charge in [0, 0.05) is 5.56 Å². The van der Waals surface area contributed by atoms with Crippen LogP contribution in [0.2, 0.25) is 0 Å². The van der Waals surface area contributed by atoms with Crippen molar-refractivity contribution >= 4 is 17.6 Å². The maximum absolute atomic E-state index is 9.52. The summed E-state index contributed by atoms with van der Waals surface area (Å²) < 4.78 is 5.22. The van der Waals surface area contributed by atoms with Gasteiger partial charge in [-0.15, -0.1) is 0 Å². The number of phenols is 1. The van der Waals surface area contributed by atoms with E-state index in [-0.39, 0.29) is 5.75 Å². The number of rotatable bonds is 4. The van der Waals surface area contributed by atoms with Gasteiger partial charge in [0.25, 0.3) is 0 Å². The summed E-state index contributed by atoms with van der Waals surface area (Å²) in [4.78, 5) is 3.88. The van der Waals surface area contributed by atoms with Crippen molar-refractivity contribution < 1.29 is 9.52 Å². The Morgan fingerprint density at radius 1 is 1.18 bits per heavy atom. The number of aromatic hydroxyl groups is 1. The predicted molar refractivity (Wildman–Crippen MR) is 85.7 cm³/mol. The van der Waals surface area contributed by atoms with E-state index in [4.69, 9.17) is 10.2 Å². The number of nitrogen functional groups attached to an aromatic ring is 1. The number of hydrogen-bond acceptors (Lipinski definition) is 6. The highest BCUT2D eigenvalue weighted by Crippen LogP contribution is 2.21. The third kappa shape index (κ3) is 3.06. The predicted octanol–water partition coefficient (Wildman–Crippen LogP) is 3.08. The van der Waals surface area contributed by atoms with Crippen LogP contribution in [0.25, 0.3) is 11.3 Å². The summed E-state index contributed by atoms with van der Waals surface area (Å²) >= 11 is 0. The van der Waals surface area contributed by atoms with E-state index in [1.54, 1.807) is 30.6 Å². The largest absolute Gasteiger partial charge is 0.506 e. The lowest BCUT2D eigenvalue weighted by molar-refractivity contribution is 0.478. The van der Waals surface area contributed by atoms with E-state index in [1.807, 2.05) is 24.3 Å². The van der Waals surface area contributed by atoms with Crippen molar-refractivity contribution in [2.75, 3.05) is 11.2 Å². The van der Waals surface area contributed by atoms with Gasteiger partial charge >= 0.3 is 0 Å². The molecule has 0 radical (unpaired) electrons. The molecule has 6 heteroatoms. The Labute approximate surface area is 126 Å². The Bertz CT molecular complexity index is 780. The van der Waals surface area contributed by atoms with Crippen LogP contribution < -0.4 is 11.2 Å². The fraction of sp³-hybridized carbons (Fsp3) is 0. The molecule has 0 saturated carbocycles. The number of nitrogens with one attached hydrogen (secondary N) is 1. The molecular formula is C16H14N4O2. The van der Waals surface area contributed by atoms with Crippen LogP contribution in [0.4, 0.5) is 11.4 Å². The quantitative estimate of drug-likeness (QED) is 0.297. The van der Waals surface area contributed by atoms with Crippen molar-refractivity contribution in [2.45, 2.75) is 0 Å². The molecule has 3 aromatic rings. The minimum atomic E-state index is 0.0420. The van der Waals surface area contributed by atoms with Crippen LogP contribution >= 0.6 is 0 Å². The summed E-state index contributed by atoms with van der Waals surface area (Å²) in [6.07, 6.45) is 4.66. The Balaban J connectivity index is 1.66. The number of benzene rings is 2. The lowest BCUT2D eigenvalue weighted by Crippen LogP contribution is -1.92. The fourth-order valence-corrected chi connectivity index (χ4v) is 1.89. The van der Waals surface area contributed by atoms with Gasteiger partial charge < -0.3 is 15.3 Å². The highest BCUT2D eigenvalue weighted by Gasteiger charge is 2.00. The highest BCUT2D eigenvalue weighted by molar-refractivity contribution is 5.82. The second kappa shape index (κ2) is 6.01. The van der Waals surface area contributed by atoms with Crippen LogP contribution in [0.1, 0.15) is 5.56 Å². The zero-order chi connectivity index (χ0) is 15.4. The summed E-state index contributed by atoms with van der Waals surface area (Å²) in [7, 11) is 0. The molecule has 0 spiro atoms. The Kier molecular flexibility index (Phi) is 3.74. The maximum atomic E-state index is 9.52. The summed E-state index contributed by atoms with van der Waals surface area (Å²) in [5.74, 6) is 0.757. The van der Waals surface area contributed by atoms with Gasteiger partial charge in [0.2, 0.25) is 0 Å². The van der Waals surface area contributed by atoms with Gasteiger partial charge in [0.05, 0.1) is 23.8 Å². The zero-order valence-electron chi connectivity index (χ0n) is 11.6. The van der Waals surface area contributed by atoms with E-state index in [9.17, 15) is 5.11 Å². The molecule has 0 fully saturated rings. The number of nitrogens with two attached hydrogens (primary N) is 1. The SMILES string of the molecule is Nc1ccc(/C=N/Nc2ccc(-c3cnco3)cc2)cc1O. The number of aromatic nitrogens is 1. The average Bonchev–Trinajstić information content (AvgIpc) is 3.06. The van der Waals surface area contributed by atoms with E-state index >= 15 is 0 Å². The Morgan fingerprint density at radius 3 is 2.68 bits per heavy atom. The first kappa shape index (κ1) is 13.7. The standard InChI is InChI=1S/C16H14N4O2/c17-14-6-1-11(7-15(14)21)8-19-20-13-4-2-12(3-5-13)16-9-18-10-22-16/h1-10,20-21H,17H2/b19-8+. The Morgan fingerprint density at radius 2 is 2.00 bits per heavy atom. The molecule has 22 heavy (non-hydrogen) atoms. The monoisotopic (exact) mass is 294 g/mol. The van der Waals surface area contributed by atoms with Crippen molar-refractivity contribution in [1.82, 2.24) is 4.98 Å². The third-order valence-electron chi connectivity index (χ3n) is 3.06. The van der Waals surface area contributed by atoms with E-state index in [0.717, 1.165) is 16.8 Å². The van der Waals surface area contributed by atoms with Gasteiger partial charge in [0.1, 0.15) is 5.75 Å². The van der Waals surface area contributed by atoms with Crippen LogP contribution in [0.5, 0.6) is 5.75 Å². The minimum Gasteiger partial charge on any atom is -0.506 e. The molecular weight excluding hydrogens is 280 g/mol. The molecule has 0 aliphatic rings. The first-order valence-electron chi connectivity index (χ1n) is 6.59. The molecule has 3 rings (SSSR count). The Hall–Kier alpha value is -3.28. The van der Waals surface area contributed by atoms with Gasteiger partial charge in [-0.25, -0.2) is 4.98 Å². The summed E-state index contributed by atoms with van der Waals surface area (Å²) in [6, 6.07) is 12.5. The molecule has 0 unspecified atom stereocenters. The van der Waals surface area contributed by atoms with Gasteiger partial charge in [-0.3, -0.25) is 5.43 Å². The molecule has 0 aliphatic heterocycles. The molecule has 6 nitrogen and oxygen atoms in total. The van der Waals surface area contributed by atoms with E-state index < -0.39 is 0 Å². The number of hydrazone groups is 1. The second-order valence-corrected chi connectivity index (χ2v) is 4.63. The van der Waals surface area contributed by atoms with E-state index in [0.29, 0.717) is 11.4 Å². The van der Waals surface area contributed by atoms with Crippen LogP contribution in [-0.2, 0) is 0 Å². The molecule has 0 amide bonds. The van der Waals surface area contributed by atoms with Gasteiger partial charge in [-0.1, -0.05) is 6.07 Å². The molecule has 1 aromatic heterocycles. The van der Waals surface area contributed by atoms with Crippen molar-refractivity contribution in [2.24, 2.45) is 5.10 Å². The lowest BCUT2D eigenvalue weighted by atomic mass is 10.2. The van der Waals surface area contributed by atoms with Gasteiger partial charge in [0.15, 0.2) is 12.2 Å². The summed E-state index contributed by atoms with van der Waals surface area (Å²) in [5, 5.41) is 13.6. The van der Waals surface area contributed by atoms with E-state index in [1.165, 1.54) is 6.39 Å². The number of phenolic OH excluding ortho intramolecular Hbond substituents is 1. The topological polar surface area (TPSA) is 96.7 Å². The zero-order valence-corrected chi connectivity index (χ0v) is 11.6.